The summed E-state index contributed by atoms with van der Waals surface area (Å²) in [5.74, 6) is 0. The van der Waals surface area contributed by atoms with Crippen molar-refractivity contribution in [2.24, 2.45) is 5.73 Å². The maximum Gasteiger partial charge on any atom is 0.0403 e. The van der Waals surface area contributed by atoms with Gasteiger partial charge in [-0.3, -0.25) is 0 Å². The average Bonchev–Trinajstić information content (AvgIpc) is 2.38. The fourth-order valence-electron chi connectivity index (χ4n) is 1.76. The molecule has 2 heteroatoms. The molecule has 0 aliphatic heterocycles. The van der Waals surface area contributed by atoms with Crippen LogP contribution in [0.3, 0.4) is 0 Å². The minimum absolute atomic E-state index is 0.595. The van der Waals surface area contributed by atoms with Gasteiger partial charge in [0.1, 0.15) is 0 Å². The largest absolute Gasteiger partial charge is 0.381 e. The number of benzene rings is 2. The van der Waals surface area contributed by atoms with Gasteiger partial charge in [-0.05, 0) is 35.7 Å². The predicted octanol–water partition coefficient (Wildman–Crippen LogP) is 3.07. The van der Waals surface area contributed by atoms with E-state index in [2.05, 4.69) is 60.8 Å². The summed E-state index contributed by atoms with van der Waals surface area (Å²) in [7, 11) is 0. The molecule has 2 nitrogen and oxygen atoms in total. The SMILES string of the molecule is Cc1ccccc1CNc1ccc(CN)cc1. The third-order valence-corrected chi connectivity index (χ3v) is 2.93. The first-order valence-electron chi connectivity index (χ1n) is 5.87. The summed E-state index contributed by atoms with van der Waals surface area (Å²) in [6.45, 7) is 3.58. The Kier molecular flexibility index (Phi) is 3.78. The number of anilines is 1. The van der Waals surface area contributed by atoms with E-state index in [1.165, 1.54) is 11.1 Å². The molecule has 0 amide bonds. The molecule has 0 aromatic heterocycles. The van der Waals surface area contributed by atoms with E-state index >= 15 is 0 Å². The lowest BCUT2D eigenvalue weighted by Crippen LogP contribution is -2.01. The number of aryl methyl sites for hydroxylation is 1. The zero-order valence-corrected chi connectivity index (χ0v) is 10.1. The zero-order chi connectivity index (χ0) is 12.1. The molecular weight excluding hydrogens is 208 g/mol. The number of nitrogens with one attached hydrogen (secondary N) is 1. The molecule has 0 bridgehead atoms. The lowest BCUT2D eigenvalue weighted by molar-refractivity contribution is 1.07. The van der Waals surface area contributed by atoms with Gasteiger partial charge in [-0.2, -0.15) is 0 Å². The highest BCUT2D eigenvalue weighted by atomic mass is 14.9. The van der Waals surface area contributed by atoms with Crippen molar-refractivity contribution < 1.29 is 0 Å². The van der Waals surface area contributed by atoms with Crippen molar-refractivity contribution in [3.8, 4) is 0 Å². The van der Waals surface area contributed by atoms with Gasteiger partial charge >= 0.3 is 0 Å². The smallest absolute Gasteiger partial charge is 0.0403 e. The maximum atomic E-state index is 5.56. The van der Waals surface area contributed by atoms with Crippen molar-refractivity contribution in [1.29, 1.82) is 0 Å². The molecule has 0 saturated heterocycles. The summed E-state index contributed by atoms with van der Waals surface area (Å²) in [5, 5.41) is 3.41. The minimum Gasteiger partial charge on any atom is -0.381 e. The highest BCUT2D eigenvalue weighted by Gasteiger charge is 1.97. The molecule has 3 N–H and O–H groups in total. The molecule has 0 spiro atoms. The van der Waals surface area contributed by atoms with E-state index in [1.807, 2.05) is 0 Å². The minimum atomic E-state index is 0.595. The Bertz CT molecular complexity index is 475. The van der Waals surface area contributed by atoms with Gasteiger partial charge in [0.05, 0.1) is 0 Å². The first kappa shape index (κ1) is 11.7. The molecule has 0 radical (unpaired) electrons. The fourth-order valence-corrected chi connectivity index (χ4v) is 1.76. The van der Waals surface area contributed by atoms with Crippen LogP contribution in [0.4, 0.5) is 5.69 Å². The summed E-state index contributed by atoms with van der Waals surface area (Å²) in [4.78, 5) is 0. The van der Waals surface area contributed by atoms with Crippen molar-refractivity contribution in [3.05, 3.63) is 65.2 Å². The average molecular weight is 226 g/mol. The Morgan fingerprint density at radius 1 is 1.00 bits per heavy atom. The Morgan fingerprint density at radius 3 is 2.35 bits per heavy atom. The Morgan fingerprint density at radius 2 is 1.71 bits per heavy atom. The summed E-state index contributed by atoms with van der Waals surface area (Å²) in [6.07, 6.45) is 0. The van der Waals surface area contributed by atoms with Crippen molar-refractivity contribution in [3.63, 3.8) is 0 Å². The van der Waals surface area contributed by atoms with Crippen LogP contribution in [0.5, 0.6) is 0 Å². The van der Waals surface area contributed by atoms with Gasteiger partial charge in [-0.1, -0.05) is 36.4 Å². The van der Waals surface area contributed by atoms with Crippen molar-refractivity contribution >= 4 is 5.69 Å². The summed E-state index contributed by atoms with van der Waals surface area (Å²) in [5.41, 5.74) is 10.5. The Labute approximate surface area is 102 Å². The standard InChI is InChI=1S/C15H18N2/c1-12-4-2-3-5-14(12)11-17-15-8-6-13(10-16)7-9-15/h2-9,17H,10-11,16H2,1H3. The van der Waals surface area contributed by atoms with Crippen LogP contribution in [-0.4, -0.2) is 0 Å². The van der Waals surface area contributed by atoms with Crippen LogP contribution >= 0.6 is 0 Å². The first-order chi connectivity index (χ1) is 8.29. The van der Waals surface area contributed by atoms with Gasteiger partial charge in [-0.15, -0.1) is 0 Å². The van der Waals surface area contributed by atoms with Crippen LogP contribution in [-0.2, 0) is 13.1 Å². The molecule has 2 rings (SSSR count). The van der Waals surface area contributed by atoms with Crippen LogP contribution in [0.2, 0.25) is 0 Å². The second kappa shape index (κ2) is 5.51. The normalized spacial score (nSPS) is 10.2. The highest BCUT2D eigenvalue weighted by Crippen LogP contribution is 2.13. The van der Waals surface area contributed by atoms with Gasteiger partial charge in [0.15, 0.2) is 0 Å². The molecule has 0 saturated carbocycles. The molecule has 0 atom stereocenters. The van der Waals surface area contributed by atoms with Crippen LogP contribution in [0, 0.1) is 6.92 Å². The Balaban J connectivity index is 2.00. The molecule has 88 valence electrons. The third kappa shape index (κ3) is 3.08. The van der Waals surface area contributed by atoms with E-state index in [-0.39, 0.29) is 0 Å². The second-order valence-corrected chi connectivity index (χ2v) is 4.18. The van der Waals surface area contributed by atoms with Gasteiger partial charge in [0.2, 0.25) is 0 Å². The summed E-state index contributed by atoms with van der Waals surface area (Å²) in [6, 6.07) is 16.7. The number of rotatable bonds is 4. The third-order valence-electron chi connectivity index (χ3n) is 2.93. The van der Waals surface area contributed by atoms with Crippen molar-refractivity contribution in [2.45, 2.75) is 20.0 Å². The van der Waals surface area contributed by atoms with Crippen LogP contribution < -0.4 is 11.1 Å². The molecule has 0 aliphatic carbocycles. The van der Waals surface area contributed by atoms with Crippen LogP contribution in [0.1, 0.15) is 16.7 Å². The molecular formula is C15H18N2. The molecule has 0 unspecified atom stereocenters. The number of hydrogen-bond acceptors (Lipinski definition) is 2. The van der Waals surface area contributed by atoms with E-state index in [0.717, 1.165) is 17.8 Å². The topological polar surface area (TPSA) is 38.0 Å². The van der Waals surface area contributed by atoms with E-state index in [9.17, 15) is 0 Å². The van der Waals surface area contributed by atoms with Gasteiger partial charge in [0.25, 0.3) is 0 Å². The summed E-state index contributed by atoms with van der Waals surface area (Å²) < 4.78 is 0. The highest BCUT2D eigenvalue weighted by molar-refractivity contribution is 5.45. The van der Waals surface area contributed by atoms with Crippen molar-refractivity contribution in [1.82, 2.24) is 0 Å². The van der Waals surface area contributed by atoms with Crippen LogP contribution in [0.25, 0.3) is 0 Å². The molecule has 17 heavy (non-hydrogen) atoms. The number of nitrogens with two attached hydrogens (primary N) is 1. The lowest BCUT2D eigenvalue weighted by atomic mass is 10.1. The van der Waals surface area contributed by atoms with Gasteiger partial charge < -0.3 is 11.1 Å². The number of hydrogen-bond donors (Lipinski definition) is 2. The lowest BCUT2D eigenvalue weighted by Gasteiger charge is -2.09. The van der Waals surface area contributed by atoms with Crippen LogP contribution in [0.15, 0.2) is 48.5 Å². The predicted molar refractivity (Wildman–Crippen MR) is 72.8 cm³/mol. The fraction of sp³-hybridized carbons (Fsp3) is 0.200. The van der Waals surface area contributed by atoms with Crippen molar-refractivity contribution in [2.75, 3.05) is 5.32 Å². The van der Waals surface area contributed by atoms with E-state index in [0.29, 0.717) is 6.54 Å². The second-order valence-electron chi connectivity index (χ2n) is 4.18. The molecule has 0 fully saturated rings. The monoisotopic (exact) mass is 226 g/mol. The van der Waals surface area contributed by atoms with E-state index < -0.39 is 0 Å². The zero-order valence-electron chi connectivity index (χ0n) is 10.1. The van der Waals surface area contributed by atoms with Gasteiger partial charge in [-0.25, -0.2) is 0 Å². The Hall–Kier alpha value is -1.80. The first-order valence-corrected chi connectivity index (χ1v) is 5.87. The quantitative estimate of drug-likeness (QED) is 0.840. The molecule has 2 aromatic carbocycles. The van der Waals surface area contributed by atoms with E-state index in [4.69, 9.17) is 5.73 Å². The maximum absolute atomic E-state index is 5.56. The molecule has 0 heterocycles. The van der Waals surface area contributed by atoms with Gasteiger partial charge in [0, 0.05) is 18.8 Å². The summed E-state index contributed by atoms with van der Waals surface area (Å²) >= 11 is 0. The van der Waals surface area contributed by atoms with E-state index in [1.54, 1.807) is 0 Å². The molecule has 2 aromatic rings. The molecule has 0 aliphatic rings.